The minimum absolute atomic E-state index is 0. The fourth-order valence-corrected chi connectivity index (χ4v) is 2.37. The topological polar surface area (TPSA) is 115 Å². The first-order chi connectivity index (χ1) is 8.17. The van der Waals surface area contributed by atoms with Gasteiger partial charge in [0.15, 0.2) is 11.0 Å². The Morgan fingerprint density at radius 2 is 2.21 bits per heavy atom. The smallest absolute Gasteiger partial charge is 0.316 e. The summed E-state index contributed by atoms with van der Waals surface area (Å²) < 4.78 is 1.91. The van der Waals surface area contributed by atoms with Gasteiger partial charge in [-0.1, -0.05) is 0 Å². The normalized spacial score (nSPS) is 9.79. The fraction of sp³-hybridized carbons (Fsp3) is 0.300. The van der Waals surface area contributed by atoms with Gasteiger partial charge in [-0.15, -0.1) is 0 Å². The van der Waals surface area contributed by atoms with Gasteiger partial charge in [0.05, 0.1) is 17.6 Å². The first-order valence-electron chi connectivity index (χ1n) is 5.02. The van der Waals surface area contributed by atoms with Gasteiger partial charge in [-0.25, -0.2) is 9.55 Å². The Kier molecular flexibility index (Phi) is 6.77. The Morgan fingerprint density at radius 3 is 2.74 bits per heavy atom. The van der Waals surface area contributed by atoms with Crippen molar-refractivity contribution >= 4 is 28.5 Å². The van der Waals surface area contributed by atoms with Crippen LogP contribution in [0.1, 0.15) is 0 Å². The van der Waals surface area contributed by atoms with Gasteiger partial charge in [-0.2, -0.15) is 0 Å². The molecule has 0 saturated heterocycles. The maximum absolute atomic E-state index is 10.7. The molecule has 0 bridgehead atoms. The summed E-state index contributed by atoms with van der Waals surface area (Å²) >= 11 is 1.50. The van der Waals surface area contributed by atoms with E-state index in [1.807, 2.05) is 10.8 Å². The van der Waals surface area contributed by atoms with Crippen LogP contribution >= 0.6 is 11.8 Å². The van der Waals surface area contributed by atoms with Crippen LogP contribution in [0, 0.1) is 10.1 Å². The second-order valence-electron chi connectivity index (χ2n) is 3.47. The molecule has 1 heterocycles. The molecular formula is C10H14ClN3O4S. The molecule has 0 spiro atoms. The number of non-ortho nitro benzene ring substituents is 1. The predicted octanol–water partition coefficient (Wildman–Crippen LogP) is -2.74. The summed E-state index contributed by atoms with van der Waals surface area (Å²) in [6, 6.07) is 4.66. The summed E-state index contributed by atoms with van der Waals surface area (Å²) in [5.41, 5.74) is 1.62. The van der Waals surface area contributed by atoms with Crippen LogP contribution in [0.25, 0.3) is 11.0 Å². The largest absolute Gasteiger partial charge is 1.00 e. The lowest BCUT2D eigenvalue weighted by molar-refractivity contribution is -0.709. The number of imidazole rings is 1. The summed E-state index contributed by atoms with van der Waals surface area (Å²) in [4.78, 5) is 13.4. The summed E-state index contributed by atoms with van der Waals surface area (Å²) in [6.07, 6.45) is 1.91. The number of nitrogens with one attached hydrogen (secondary N) is 1. The number of rotatable bonds is 4. The van der Waals surface area contributed by atoms with Crippen LogP contribution in [-0.4, -0.2) is 33.4 Å². The van der Waals surface area contributed by atoms with Crippen molar-refractivity contribution in [2.45, 2.75) is 11.7 Å². The number of benzene rings is 1. The average molecular weight is 308 g/mol. The molecule has 2 rings (SSSR count). The van der Waals surface area contributed by atoms with Crippen molar-refractivity contribution in [2.75, 3.05) is 12.9 Å². The molecular weight excluding hydrogens is 294 g/mol. The zero-order chi connectivity index (χ0) is 12.4. The van der Waals surface area contributed by atoms with E-state index in [-0.39, 0.29) is 30.2 Å². The molecule has 0 fully saturated rings. The van der Waals surface area contributed by atoms with Crippen LogP contribution in [0.5, 0.6) is 0 Å². The number of H-pyrrole nitrogens is 1. The maximum Gasteiger partial charge on any atom is 0.316 e. The minimum Gasteiger partial charge on any atom is -1.00 e. The number of aromatic amines is 1. The van der Waals surface area contributed by atoms with E-state index in [2.05, 4.69) is 4.98 Å². The lowest BCUT2D eigenvalue weighted by Crippen LogP contribution is -3.00. The molecule has 4 N–H and O–H groups in total. The molecule has 19 heavy (non-hydrogen) atoms. The third-order valence-electron chi connectivity index (χ3n) is 2.49. The first kappa shape index (κ1) is 17.6. The van der Waals surface area contributed by atoms with Gasteiger partial charge in [0.25, 0.3) is 5.69 Å². The number of aromatic nitrogens is 2. The van der Waals surface area contributed by atoms with E-state index in [1.165, 1.54) is 23.9 Å². The number of nitro benzene ring substituents is 1. The van der Waals surface area contributed by atoms with Crippen molar-refractivity contribution in [3.63, 3.8) is 0 Å². The lowest BCUT2D eigenvalue weighted by atomic mass is 10.3. The first-order valence-corrected chi connectivity index (χ1v) is 6.24. The highest BCUT2D eigenvalue weighted by Crippen LogP contribution is 2.20. The molecule has 0 unspecified atom stereocenters. The molecule has 106 valence electrons. The van der Waals surface area contributed by atoms with Gasteiger partial charge < -0.3 is 23.0 Å². The van der Waals surface area contributed by atoms with Gasteiger partial charge in [0.2, 0.25) is 0 Å². The van der Waals surface area contributed by atoms with E-state index in [1.54, 1.807) is 6.07 Å². The molecule has 0 aliphatic heterocycles. The lowest BCUT2D eigenvalue weighted by Gasteiger charge is -1.96. The molecule has 7 nitrogen and oxygen atoms in total. The number of nitro groups is 1. The Hall–Kier alpha value is -1.35. The number of hydrogen-bond acceptors (Lipinski definition) is 4. The van der Waals surface area contributed by atoms with Crippen LogP contribution in [0.2, 0.25) is 0 Å². The van der Waals surface area contributed by atoms with Crippen molar-refractivity contribution in [1.82, 2.24) is 4.98 Å². The molecule has 1 aromatic carbocycles. The number of thioether (sulfide) groups is 1. The van der Waals surface area contributed by atoms with E-state index in [0.29, 0.717) is 12.1 Å². The molecule has 0 aliphatic rings. The van der Waals surface area contributed by atoms with Gasteiger partial charge in [0, 0.05) is 6.07 Å². The summed E-state index contributed by atoms with van der Waals surface area (Å²) in [6.45, 7) is 0.496. The third kappa shape index (κ3) is 3.35. The van der Waals surface area contributed by atoms with E-state index in [0.717, 1.165) is 10.7 Å². The Labute approximate surface area is 119 Å². The Morgan fingerprint density at radius 1 is 1.53 bits per heavy atom. The van der Waals surface area contributed by atoms with Crippen LogP contribution in [0.4, 0.5) is 5.69 Å². The number of fused-ring (bicyclic) bond motifs is 1. The molecule has 0 amide bonds. The third-order valence-corrected chi connectivity index (χ3v) is 3.19. The van der Waals surface area contributed by atoms with Crippen molar-refractivity contribution in [3.05, 3.63) is 28.3 Å². The molecule has 9 heteroatoms. The Bertz CT molecular complexity index is 575. The highest BCUT2D eigenvalue weighted by atomic mass is 35.5. The molecule has 0 aliphatic carbocycles. The monoisotopic (exact) mass is 307 g/mol. The van der Waals surface area contributed by atoms with E-state index < -0.39 is 4.92 Å². The second-order valence-corrected chi connectivity index (χ2v) is 4.26. The maximum atomic E-state index is 10.7. The summed E-state index contributed by atoms with van der Waals surface area (Å²) in [5, 5.41) is 20.5. The van der Waals surface area contributed by atoms with Gasteiger partial charge >= 0.3 is 5.16 Å². The Balaban J connectivity index is 0.00000162. The highest BCUT2D eigenvalue weighted by molar-refractivity contribution is 7.98. The molecule has 0 atom stereocenters. The number of aliphatic hydroxyl groups is 1. The summed E-state index contributed by atoms with van der Waals surface area (Å²) in [5.74, 6) is 0. The number of halogens is 1. The molecule has 1 aromatic heterocycles. The van der Waals surface area contributed by atoms with Crippen LogP contribution < -0.4 is 17.0 Å². The van der Waals surface area contributed by atoms with Crippen molar-refractivity contribution < 1.29 is 32.5 Å². The van der Waals surface area contributed by atoms with E-state index in [4.69, 9.17) is 5.11 Å². The van der Waals surface area contributed by atoms with Crippen LogP contribution in [-0.2, 0) is 6.54 Å². The van der Waals surface area contributed by atoms with Crippen LogP contribution in [0.15, 0.2) is 23.4 Å². The standard InChI is InChI=1S/C10H11N3O3S.ClH.H2O/c1-17-10-11-8-6-7(13(15)16)2-3-9(8)12(10)4-5-14;;/h2-3,6,14H,4-5H2,1H3;1H;1H2. The molecule has 2 aromatic rings. The quantitative estimate of drug-likeness (QED) is 0.276. The number of nitrogens with zero attached hydrogens (tertiary/aromatic N) is 2. The zero-order valence-corrected chi connectivity index (χ0v) is 11.7. The van der Waals surface area contributed by atoms with Crippen LogP contribution in [0.3, 0.4) is 0 Å². The van der Waals surface area contributed by atoms with Gasteiger partial charge in [-0.3, -0.25) is 10.1 Å². The highest BCUT2D eigenvalue weighted by Gasteiger charge is 2.19. The van der Waals surface area contributed by atoms with E-state index >= 15 is 0 Å². The van der Waals surface area contributed by atoms with Crippen molar-refractivity contribution in [3.8, 4) is 0 Å². The second kappa shape index (κ2) is 7.29. The molecule has 0 saturated carbocycles. The number of hydrogen-bond donors (Lipinski definition) is 2. The van der Waals surface area contributed by atoms with Gasteiger partial charge in [0.1, 0.15) is 6.54 Å². The summed E-state index contributed by atoms with van der Waals surface area (Å²) in [7, 11) is 0. The zero-order valence-electron chi connectivity index (χ0n) is 10.1. The minimum atomic E-state index is -0.421. The number of aliphatic hydroxyl groups excluding tert-OH is 1. The molecule has 0 radical (unpaired) electrons. The predicted molar refractivity (Wildman–Crippen MR) is 67.6 cm³/mol. The average Bonchev–Trinajstić information content (AvgIpc) is 2.67. The van der Waals surface area contributed by atoms with Crippen molar-refractivity contribution in [1.29, 1.82) is 0 Å². The fourth-order valence-electron chi connectivity index (χ4n) is 1.75. The van der Waals surface area contributed by atoms with E-state index in [9.17, 15) is 10.1 Å². The SMILES string of the molecule is CSc1[nH]c2cc([N+](=O)[O-])ccc2[n+]1CCO.O.[Cl-]. The van der Waals surface area contributed by atoms with Gasteiger partial charge in [-0.05, 0) is 24.1 Å². The van der Waals surface area contributed by atoms with Crippen molar-refractivity contribution in [2.24, 2.45) is 0 Å².